The molecule has 0 aliphatic carbocycles. The Labute approximate surface area is 121 Å². The number of amides is 1. The highest BCUT2D eigenvalue weighted by Gasteiger charge is 2.16. The maximum absolute atomic E-state index is 12.0. The van der Waals surface area contributed by atoms with E-state index < -0.39 is 4.92 Å². The van der Waals surface area contributed by atoms with Crippen LogP contribution >= 0.6 is 0 Å². The van der Waals surface area contributed by atoms with E-state index in [1.807, 2.05) is 0 Å². The number of nitrogens with one attached hydrogen (secondary N) is 1. The second-order valence-electron chi connectivity index (χ2n) is 4.74. The lowest BCUT2D eigenvalue weighted by Crippen LogP contribution is -2.15. The van der Waals surface area contributed by atoms with E-state index >= 15 is 0 Å². The minimum atomic E-state index is -0.508. The number of nitrogen functional groups attached to an aromatic ring is 1. The molecule has 0 radical (unpaired) electrons. The highest BCUT2D eigenvalue weighted by atomic mass is 16.6. The molecule has 0 atom stereocenters. The Balaban J connectivity index is 2.12. The van der Waals surface area contributed by atoms with E-state index in [1.165, 1.54) is 12.1 Å². The molecule has 0 aliphatic rings. The molecule has 3 N–H and O–H groups in total. The fourth-order valence-corrected chi connectivity index (χ4v) is 1.91. The zero-order valence-electron chi connectivity index (χ0n) is 11.5. The van der Waals surface area contributed by atoms with E-state index in [4.69, 9.17) is 5.73 Å². The average molecular weight is 285 g/mol. The Morgan fingerprint density at radius 1 is 1.24 bits per heavy atom. The van der Waals surface area contributed by atoms with E-state index in [0.29, 0.717) is 5.69 Å². The first-order valence-corrected chi connectivity index (χ1v) is 6.35. The fourth-order valence-electron chi connectivity index (χ4n) is 1.91. The van der Waals surface area contributed by atoms with Gasteiger partial charge in [-0.15, -0.1) is 0 Å². The van der Waals surface area contributed by atoms with Crippen molar-refractivity contribution in [1.29, 1.82) is 0 Å². The molecule has 2 aromatic rings. The summed E-state index contributed by atoms with van der Waals surface area (Å²) in [6, 6.07) is 11.6. The van der Waals surface area contributed by atoms with Gasteiger partial charge in [0, 0.05) is 11.8 Å². The van der Waals surface area contributed by atoms with Crippen LogP contribution in [-0.2, 0) is 11.2 Å². The van der Waals surface area contributed by atoms with Gasteiger partial charge in [0.05, 0.1) is 11.3 Å². The van der Waals surface area contributed by atoms with E-state index in [2.05, 4.69) is 5.32 Å². The van der Waals surface area contributed by atoms with Crippen LogP contribution in [0.25, 0.3) is 0 Å². The first-order valence-electron chi connectivity index (χ1n) is 6.35. The lowest BCUT2D eigenvalue weighted by atomic mass is 10.1. The zero-order valence-corrected chi connectivity index (χ0v) is 11.5. The Hall–Kier alpha value is -2.89. The molecule has 21 heavy (non-hydrogen) atoms. The normalized spacial score (nSPS) is 10.1. The number of carbonyl (C=O) groups is 1. The van der Waals surface area contributed by atoms with Crippen LogP contribution in [0.3, 0.4) is 0 Å². The fraction of sp³-hybridized carbons (Fsp3) is 0.133. The van der Waals surface area contributed by atoms with Crippen molar-refractivity contribution in [2.24, 2.45) is 0 Å². The van der Waals surface area contributed by atoms with Crippen LogP contribution < -0.4 is 11.1 Å². The quantitative estimate of drug-likeness (QED) is 0.512. The second kappa shape index (κ2) is 6.04. The van der Waals surface area contributed by atoms with Gasteiger partial charge in [-0.1, -0.05) is 18.2 Å². The molecule has 0 bridgehead atoms. The molecule has 0 saturated heterocycles. The molecule has 0 aromatic heterocycles. The second-order valence-corrected chi connectivity index (χ2v) is 4.74. The largest absolute Gasteiger partial charge is 0.399 e. The smallest absolute Gasteiger partial charge is 0.293 e. The third-order valence-corrected chi connectivity index (χ3v) is 2.97. The van der Waals surface area contributed by atoms with Crippen LogP contribution in [-0.4, -0.2) is 10.8 Å². The minimum absolute atomic E-state index is 0.111. The topological polar surface area (TPSA) is 98.3 Å². The molecule has 2 rings (SSSR count). The molecular formula is C15H15N3O3. The van der Waals surface area contributed by atoms with Crippen LogP contribution in [0.2, 0.25) is 0 Å². The van der Waals surface area contributed by atoms with Crippen molar-refractivity contribution in [2.75, 3.05) is 11.1 Å². The maximum Gasteiger partial charge on any atom is 0.293 e. The van der Waals surface area contributed by atoms with Gasteiger partial charge < -0.3 is 11.1 Å². The van der Waals surface area contributed by atoms with Crippen molar-refractivity contribution in [3.8, 4) is 0 Å². The predicted molar refractivity (Wildman–Crippen MR) is 81.0 cm³/mol. The summed E-state index contributed by atoms with van der Waals surface area (Å²) in [5.41, 5.74) is 7.83. The van der Waals surface area contributed by atoms with Crippen molar-refractivity contribution in [1.82, 2.24) is 0 Å². The van der Waals surface area contributed by atoms with Gasteiger partial charge in [-0.3, -0.25) is 14.9 Å². The molecule has 108 valence electrons. The highest BCUT2D eigenvalue weighted by Crippen LogP contribution is 2.25. The van der Waals surface area contributed by atoms with Gasteiger partial charge in [0.25, 0.3) is 5.69 Å². The molecule has 2 aromatic carbocycles. The summed E-state index contributed by atoms with van der Waals surface area (Å²) in [4.78, 5) is 22.4. The van der Waals surface area contributed by atoms with Crippen molar-refractivity contribution < 1.29 is 9.72 Å². The summed E-state index contributed by atoms with van der Waals surface area (Å²) >= 11 is 0. The third-order valence-electron chi connectivity index (χ3n) is 2.97. The third kappa shape index (κ3) is 3.79. The van der Waals surface area contributed by atoms with Crippen molar-refractivity contribution in [2.45, 2.75) is 13.3 Å². The molecule has 0 spiro atoms. The average Bonchev–Trinajstić information content (AvgIpc) is 2.43. The number of benzene rings is 2. The first kappa shape index (κ1) is 14.5. The number of aryl methyl sites for hydroxylation is 1. The number of nitrogens with two attached hydrogens (primary N) is 1. The summed E-state index contributed by atoms with van der Waals surface area (Å²) in [6.45, 7) is 1.76. The number of rotatable bonds is 4. The number of nitro benzene ring substituents is 1. The van der Waals surface area contributed by atoms with Gasteiger partial charge in [-0.05, 0) is 36.2 Å². The van der Waals surface area contributed by atoms with Gasteiger partial charge in [-0.25, -0.2) is 0 Å². The number of nitrogens with zero attached hydrogens (tertiary/aromatic N) is 1. The van der Waals surface area contributed by atoms with E-state index in [-0.39, 0.29) is 23.7 Å². The monoisotopic (exact) mass is 285 g/mol. The van der Waals surface area contributed by atoms with Gasteiger partial charge in [-0.2, -0.15) is 0 Å². The van der Waals surface area contributed by atoms with Gasteiger partial charge >= 0.3 is 0 Å². The molecule has 0 heterocycles. The van der Waals surface area contributed by atoms with Crippen molar-refractivity contribution >= 4 is 23.0 Å². The lowest BCUT2D eigenvalue weighted by Gasteiger charge is -2.07. The Morgan fingerprint density at radius 2 is 1.90 bits per heavy atom. The van der Waals surface area contributed by atoms with Crippen LogP contribution in [0.5, 0.6) is 0 Å². The summed E-state index contributed by atoms with van der Waals surface area (Å²) in [5.74, 6) is -0.313. The van der Waals surface area contributed by atoms with Gasteiger partial charge in [0.1, 0.15) is 5.69 Å². The SMILES string of the molecule is Cc1ccc(NC(=O)Cc2ccc(N)cc2)c([N+](=O)[O-])c1. The minimum Gasteiger partial charge on any atom is -0.399 e. The molecule has 6 nitrogen and oxygen atoms in total. The summed E-state index contributed by atoms with van der Waals surface area (Å²) in [6.07, 6.45) is 0.130. The molecule has 0 fully saturated rings. The molecule has 0 aliphatic heterocycles. The maximum atomic E-state index is 12.0. The van der Waals surface area contributed by atoms with E-state index in [0.717, 1.165) is 11.1 Å². The number of anilines is 2. The Morgan fingerprint density at radius 3 is 2.52 bits per heavy atom. The number of nitro groups is 1. The molecule has 0 unspecified atom stereocenters. The molecule has 0 saturated carbocycles. The molecule has 6 heteroatoms. The first-order chi connectivity index (χ1) is 9.95. The van der Waals surface area contributed by atoms with Crippen molar-refractivity contribution in [3.05, 3.63) is 63.7 Å². The van der Waals surface area contributed by atoms with Gasteiger partial charge in [0.2, 0.25) is 5.91 Å². The Kier molecular flexibility index (Phi) is 4.18. The van der Waals surface area contributed by atoms with Crippen molar-refractivity contribution in [3.63, 3.8) is 0 Å². The zero-order chi connectivity index (χ0) is 15.4. The summed E-state index contributed by atoms with van der Waals surface area (Å²) in [7, 11) is 0. The molecular weight excluding hydrogens is 270 g/mol. The van der Waals surface area contributed by atoms with E-state index in [1.54, 1.807) is 37.3 Å². The predicted octanol–water partition coefficient (Wildman–Crippen LogP) is 2.67. The number of hydrogen-bond acceptors (Lipinski definition) is 4. The summed E-state index contributed by atoms with van der Waals surface area (Å²) in [5, 5.41) is 13.6. The Bertz CT molecular complexity index is 681. The van der Waals surface area contributed by atoms with Crippen LogP contribution in [0.4, 0.5) is 17.1 Å². The molecule has 1 amide bonds. The lowest BCUT2D eigenvalue weighted by molar-refractivity contribution is -0.384. The van der Waals surface area contributed by atoms with Gasteiger partial charge in [0.15, 0.2) is 0 Å². The van der Waals surface area contributed by atoms with Crippen LogP contribution in [0, 0.1) is 17.0 Å². The number of carbonyl (C=O) groups excluding carboxylic acids is 1. The number of hydrogen-bond donors (Lipinski definition) is 2. The summed E-state index contributed by atoms with van der Waals surface area (Å²) < 4.78 is 0. The highest BCUT2D eigenvalue weighted by molar-refractivity contribution is 5.94. The van der Waals surface area contributed by atoms with E-state index in [9.17, 15) is 14.9 Å². The standard InChI is InChI=1S/C15H15N3O3/c1-10-2-7-13(14(8-10)18(20)21)17-15(19)9-11-3-5-12(16)6-4-11/h2-8H,9,16H2,1H3,(H,17,19). The van der Waals surface area contributed by atoms with Crippen LogP contribution in [0.1, 0.15) is 11.1 Å². The van der Waals surface area contributed by atoms with Crippen LogP contribution in [0.15, 0.2) is 42.5 Å².